The first kappa shape index (κ1) is 17.2. The van der Waals surface area contributed by atoms with E-state index in [1.807, 2.05) is 0 Å². The van der Waals surface area contributed by atoms with E-state index in [4.69, 9.17) is 0 Å². The molecule has 1 atom stereocenters. The minimum Gasteiger partial charge on any atom is -0.478 e. The molecule has 3 aromatic rings. The molecule has 2 aromatic carbocycles. The second-order valence-corrected chi connectivity index (χ2v) is 6.77. The average Bonchev–Trinajstić information content (AvgIpc) is 3.09. The SMILES string of the molecule is Cc1ccccc1-c1ccc2c(c1)CNC2CNc1cnccc1C(=O)O. The predicted octanol–water partition coefficient (Wildman–Crippen LogP) is 4.01. The van der Waals surface area contributed by atoms with Crippen molar-refractivity contribution in [1.82, 2.24) is 10.3 Å². The first-order chi connectivity index (χ1) is 13.1. The van der Waals surface area contributed by atoms with Crippen molar-refractivity contribution in [3.8, 4) is 11.1 Å². The van der Waals surface area contributed by atoms with Crippen molar-refractivity contribution in [3.05, 3.63) is 83.2 Å². The lowest BCUT2D eigenvalue weighted by atomic mass is 9.95. The topological polar surface area (TPSA) is 74.2 Å². The van der Waals surface area contributed by atoms with Crippen molar-refractivity contribution in [2.75, 3.05) is 11.9 Å². The Kier molecular flexibility index (Phi) is 4.60. The summed E-state index contributed by atoms with van der Waals surface area (Å²) in [6.07, 6.45) is 3.05. The molecule has 2 heterocycles. The summed E-state index contributed by atoms with van der Waals surface area (Å²) in [4.78, 5) is 15.4. The van der Waals surface area contributed by atoms with Gasteiger partial charge in [-0.1, -0.05) is 36.4 Å². The van der Waals surface area contributed by atoms with Gasteiger partial charge < -0.3 is 15.7 Å². The Morgan fingerprint density at radius 3 is 2.93 bits per heavy atom. The Morgan fingerprint density at radius 2 is 2.11 bits per heavy atom. The Balaban J connectivity index is 1.53. The van der Waals surface area contributed by atoms with Gasteiger partial charge in [0.05, 0.1) is 23.5 Å². The molecule has 0 saturated heterocycles. The molecule has 0 fully saturated rings. The van der Waals surface area contributed by atoms with Crippen molar-refractivity contribution in [2.24, 2.45) is 0 Å². The van der Waals surface area contributed by atoms with E-state index in [9.17, 15) is 9.90 Å². The second-order valence-electron chi connectivity index (χ2n) is 6.77. The third-order valence-corrected chi connectivity index (χ3v) is 5.06. The number of aromatic nitrogens is 1. The molecule has 5 heteroatoms. The predicted molar refractivity (Wildman–Crippen MR) is 106 cm³/mol. The fourth-order valence-corrected chi connectivity index (χ4v) is 3.62. The van der Waals surface area contributed by atoms with Crippen molar-refractivity contribution in [3.63, 3.8) is 0 Å². The molecule has 0 bridgehead atoms. The van der Waals surface area contributed by atoms with Crippen LogP contribution in [0.1, 0.15) is 33.1 Å². The summed E-state index contributed by atoms with van der Waals surface area (Å²) in [6.45, 7) is 3.53. The van der Waals surface area contributed by atoms with Crippen LogP contribution in [0, 0.1) is 6.92 Å². The number of benzene rings is 2. The van der Waals surface area contributed by atoms with E-state index in [-0.39, 0.29) is 11.6 Å². The zero-order chi connectivity index (χ0) is 18.8. The Morgan fingerprint density at radius 1 is 1.26 bits per heavy atom. The van der Waals surface area contributed by atoms with Crippen LogP contribution >= 0.6 is 0 Å². The number of rotatable bonds is 5. The van der Waals surface area contributed by atoms with Crippen LogP contribution in [0.15, 0.2) is 60.9 Å². The number of fused-ring (bicyclic) bond motifs is 1. The normalized spacial score (nSPS) is 15.4. The van der Waals surface area contributed by atoms with Gasteiger partial charge in [0.25, 0.3) is 0 Å². The summed E-state index contributed by atoms with van der Waals surface area (Å²) in [6, 6.07) is 16.6. The zero-order valence-electron chi connectivity index (χ0n) is 15.1. The number of carboxylic acids is 1. The maximum atomic E-state index is 11.3. The van der Waals surface area contributed by atoms with Crippen LogP contribution in [0.2, 0.25) is 0 Å². The van der Waals surface area contributed by atoms with Gasteiger partial charge in [-0.3, -0.25) is 4.98 Å². The number of carbonyl (C=O) groups is 1. The summed E-state index contributed by atoms with van der Waals surface area (Å²) in [5.74, 6) is -0.956. The van der Waals surface area contributed by atoms with Gasteiger partial charge in [0.15, 0.2) is 0 Å². The lowest BCUT2D eigenvalue weighted by Gasteiger charge is -2.16. The number of aromatic carboxylic acids is 1. The summed E-state index contributed by atoms with van der Waals surface area (Å²) in [5.41, 5.74) is 7.05. The van der Waals surface area contributed by atoms with Crippen LogP contribution in [0.3, 0.4) is 0 Å². The number of hydrogen-bond donors (Lipinski definition) is 3. The molecule has 136 valence electrons. The molecular formula is C22H21N3O2. The average molecular weight is 359 g/mol. The third kappa shape index (κ3) is 3.41. The Hall–Kier alpha value is -3.18. The highest BCUT2D eigenvalue weighted by atomic mass is 16.4. The van der Waals surface area contributed by atoms with Crippen molar-refractivity contribution in [1.29, 1.82) is 0 Å². The molecule has 1 unspecified atom stereocenters. The number of nitrogens with one attached hydrogen (secondary N) is 2. The highest BCUT2D eigenvalue weighted by molar-refractivity contribution is 5.93. The molecule has 0 radical (unpaired) electrons. The van der Waals surface area contributed by atoms with Crippen LogP contribution in [-0.2, 0) is 6.54 Å². The van der Waals surface area contributed by atoms with E-state index < -0.39 is 5.97 Å². The zero-order valence-corrected chi connectivity index (χ0v) is 15.1. The van der Waals surface area contributed by atoms with Gasteiger partial charge in [0.2, 0.25) is 0 Å². The van der Waals surface area contributed by atoms with Gasteiger partial charge in [-0.15, -0.1) is 0 Å². The number of carboxylic acid groups (broad SMARTS) is 1. The molecule has 0 amide bonds. The quantitative estimate of drug-likeness (QED) is 0.642. The lowest BCUT2D eigenvalue weighted by Crippen LogP contribution is -2.22. The second kappa shape index (κ2) is 7.21. The van der Waals surface area contributed by atoms with Crippen molar-refractivity contribution >= 4 is 11.7 Å². The van der Waals surface area contributed by atoms with Gasteiger partial charge in [0.1, 0.15) is 0 Å². The van der Waals surface area contributed by atoms with Crippen LogP contribution < -0.4 is 10.6 Å². The number of anilines is 1. The number of nitrogens with zero attached hydrogens (tertiary/aromatic N) is 1. The molecule has 0 saturated carbocycles. The molecule has 0 aliphatic carbocycles. The molecule has 1 aromatic heterocycles. The minimum atomic E-state index is -0.956. The van der Waals surface area contributed by atoms with Gasteiger partial charge in [-0.05, 0) is 46.9 Å². The molecule has 5 nitrogen and oxygen atoms in total. The molecule has 27 heavy (non-hydrogen) atoms. The first-order valence-electron chi connectivity index (χ1n) is 8.97. The van der Waals surface area contributed by atoms with Crippen LogP contribution in [0.4, 0.5) is 5.69 Å². The molecule has 4 rings (SSSR count). The van der Waals surface area contributed by atoms with E-state index in [0.717, 1.165) is 6.54 Å². The lowest BCUT2D eigenvalue weighted by molar-refractivity contribution is 0.0698. The maximum absolute atomic E-state index is 11.3. The third-order valence-electron chi connectivity index (χ3n) is 5.06. The largest absolute Gasteiger partial charge is 0.478 e. The number of pyridine rings is 1. The van der Waals surface area contributed by atoms with E-state index >= 15 is 0 Å². The van der Waals surface area contributed by atoms with Crippen LogP contribution in [0.25, 0.3) is 11.1 Å². The Bertz CT molecular complexity index is 1000. The van der Waals surface area contributed by atoms with Gasteiger partial charge >= 0.3 is 5.97 Å². The number of aryl methyl sites for hydroxylation is 1. The fourth-order valence-electron chi connectivity index (χ4n) is 3.62. The molecule has 3 N–H and O–H groups in total. The van der Waals surface area contributed by atoms with E-state index in [2.05, 4.69) is 65.0 Å². The minimum absolute atomic E-state index is 0.132. The van der Waals surface area contributed by atoms with Crippen LogP contribution in [-0.4, -0.2) is 22.6 Å². The van der Waals surface area contributed by atoms with Crippen molar-refractivity contribution in [2.45, 2.75) is 19.5 Å². The summed E-state index contributed by atoms with van der Waals surface area (Å²) in [7, 11) is 0. The summed E-state index contributed by atoms with van der Waals surface area (Å²) < 4.78 is 0. The standard InChI is InChI=1S/C22H21N3O2/c1-14-4-2-3-5-17(14)15-6-7-18-16(10-15)11-24-21(18)13-25-20-12-23-9-8-19(20)22(26)27/h2-10,12,21,24-25H,11,13H2,1H3,(H,26,27). The van der Waals surface area contributed by atoms with Gasteiger partial charge in [-0.2, -0.15) is 0 Å². The smallest absolute Gasteiger partial charge is 0.337 e. The highest BCUT2D eigenvalue weighted by Gasteiger charge is 2.22. The van der Waals surface area contributed by atoms with E-state index in [0.29, 0.717) is 12.2 Å². The summed E-state index contributed by atoms with van der Waals surface area (Å²) in [5, 5.41) is 16.0. The molecule has 1 aliphatic rings. The van der Waals surface area contributed by atoms with Gasteiger partial charge in [-0.25, -0.2) is 4.79 Å². The number of hydrogen-bond acceptors (Lipinski definition) is 4. The molecule has 0 spiro atoms. The Labute approximate surface area is 158 Å². The van der Waals surface area contributed by atoms with Crippen molar-refractivity contribution < 1.29 is 9.90 Å². The molecule has 1 aliphatic heterocycles. The van der Waals surface area contributed by atoms with Gasteiger partial charge in [0, 0.05) is 19.3 Å². The molecular weight excluding hydrogens is 338 g/mol. The summed E-state index contributed by atoms with van der Waals surface area (Å²) >= 11 is 0. The van der Waals surface area contributed by atoms with E-state index in [1.165, 1.54) is 40.1 Å². The fraction of sp³-hybridized carbons (Fsp3) is 0.182. The first-order valence-corrected chi connectivity index (χ1v) is 8.97. The monoisotopic (exact) mass is 359 g/mol. The highest BCUT2D eigenvalue weighted by Crippen LogP contribution is 2.31. The van der Waals surface area contributed by atoms with E-state index in [1.54, 1.807) is 6.20 Å². The van der Waals surface area contributed by atoms with Crippen LogP contribution in [0.5, 0.6) is 0 Å². The maximum Gasteiger partial charge on any atom is 0.337 e.